The van der Waals surface area contributed by atoms with Crippen LogP contribution in [0.5, 0.6) is 0 Å². The zero-order chi connectivity index (χ0) is 21.2. The fourth-order valence-electron chi connectivity index (χ4n) is 6.21. The lowest BCUT2D eigenvalue weighted by molar-refractivity contribution is -0.138. The van der Waals surface area contributed by atoms with Crippen molar-refractivity contribution in [3.8, 4) is 0 Å². The maximum atomic E-state index is 14.3. The van der Waals surface area contributed by atoms with Crippen LogP contribution < -0.4 is 5.32 Å². The molecule has 4 aliphatic rings. The average molecular weight is 454 g/mol. The summed E-state index contributed by atoms with van der Waals surface area (Å²) in [5.41, 5.74) is 2.92. The number of benzene rings is 1. The quantitative estimate of drug-likeness (QED) is 0.701. The highest BCUT2D eigenvalue weighted by Crippen LogP contribution is 2.60. The van der Waals surface area contributed by atoms with Crippen LogP contribution in [0.25, 0.3) is 0 Å². The van der Waals surface area contributed by atoms with Gasteiger partial charge in [-0.2, -0.15) is 0 Å². The molecule has 31 heavy (non-hydrogen) atoms. The van der Waals surface area contributed by atoms with E-state index in [1.807, 2.05) is 5.38 Å². The van der Waals surface area contributed by atoms with Crippen molar-refractivity contribution in [2.45, 2.75) is 69.1 Å². The molecule has 1 unspecified atom stereocenters. The van der Waals surface area contributed by atoms with E-state index in [0.29, 0.717) is 17.6 Å². The molecule has 3 aliphatic carbocycles. The highest BCUT2D eigenvalue weighted by atomic mass is 32.1. The first kappa shape index (κ1) is 19.8. The molecule has 6 rings (SSSR count). The largest absolute Gasteiger partial charge is 0.381 e. The van der Waals surface area contributed by atoms with Crippen molar-refractivity contribution in [3.05, 3.63) is 51.5 Å². The first-order chi connectivity index (χ1) is 15.1. The normalized spacial score (nSPS) is 32.2. The van der Waals surface area contributed by atoms with E-state index >= 15 is 0 Å². The molecule has 2 saturated carbocycles. The lowest BCUT2D eigenvalue weighted by atomic mass is 9.61. The summed E-state index contributed by atoms with van der Waals surface area (Å²) < 4.78 is 5.67. The Hall–Kier alpha value is -1.83. The van der Waals surface area contributed by atoms with Gasteiger partial charge >= 0.3 is 0 Å². The van der Waals surface area contributed by atoms with Crippen LogP contribution in [-0.4, -0.2) is 34.1 Å². The summed E-state index contributed by atoms with van der Waals surface area (Å²) in [5, 5.41) is 7.02. The monoisotopic (exact) mass is 453 g/mol. The van der Waals surface area contributed by atoms with Crippen molar-refractivity contribution >= 4 is 34.6 Å². The molecule has 3 fully saturated rings. The Morgan fingerprint density at radius 2 is 2.10 bits per heavy atom. The van der Waals surface area contributed by atoms with Crippen LogP contribution in [0.1, 0.15) is 66.1 Å². The van der Waals surface area contributed by atoms with Gasteiger partial charge in [0, 0.05) is 24.1 Å². The summed E-state index contributed by atoms with van der Waals surface area (Å²) in [6.07, 6.45) is 9.39. The van der Waals surface area contributed by atoms with Gasteiger partial charge in [0.05, 0.1) is 12.6 Å². The number of nitrogens with one attached hydrogen (secondary N) is 1. The second-order valence-corrected chi connectivity index (χ2v) is 10.9. The van der Waals surface area contributed by atoms with Crippen LogP contribution in [-0.2, 0) is 28.0 Å². The number of thiocarbonyl (C=S) groups is 1. The molecule has 2 aromatic rings. The van der Waals surface area contributed by atoms with Crippen molar-refractivity contribution in [2.24, 2.45) is 5.41 Å². The van der Waals surface area contributed by atoms with Crippen LogP contribution in [0.15, 0.2) is 29.8 Å². The number of amides is 1. The summed E-state index contributed by atoms with van der Waals surface area (Å²) in [7, 11) is 1.80. The van der Waals surface area contributed by atoms with Gasteiger partial charge in [-0.05, 0) is 79.8 Å². The number of hydrogen-bond donors (Lipinski definition) is 1. The average Bonchev–Trinajstić information content (AvgIpc) is 3.37. The topological polar surface area (TPSA) is 54.5 Å². The van der Waals surface area contributed by atoms with Crippen LogP contribution in [0, 0.1) is 5.41 Å². The second kappa shape index (κ2) is 7.09. The van der Waals surface area contributed by atoms with Crippen molar-refractivity contribution in [3.63, 3.8) is 0 Å². The van der Waals surface area contributed by atoms with Crippen molar-refractivity contribution in [2.75, 3.05) is 7.11 Å². The Balaban J connectivity index is 1.45. The fourth-order valence-corrected chi connectivity index (χ4v) is 7.11. The van der Waals surface area contributed by atoms with Crippen LogP contribution in [0.3, 0.4) is 0 Å². The molecule has 2 spiro atoms. The number of carbonyl (C=O) groups is 1. The van der Waals surface area contributed by atoms with E-state index < -0.39 is 5.54 Å². The minimum absolute atomic E-state index is 0.107. The van der Waals surface area contributed by atoms with Gasteiger partial charge in [0.1, 0.15) is 5.01 Å². The SMILES string of the molecule is COC1CCC2(CC1)Cc1ccc(C3CC3)cc1C21NC(=S)N(Cc2nccs2)C1=O. The molecule has 1 aliphatic heterocycles. The van der Waals surface area contributed by atoms with E-state index in [1.165, 1.54) is 29.5 Å². The molecule has 1 amide bonds. The molecule has 7 heteroatoms. The van der Waals surface area contributed by atoms with E-state index in [0.717, 1.165) is 37.1 Å². The van der Waals surface area contributed by atoms with E-state index in [-0.39, 0.29) is 17.4 Å². The molecule has 2 heterocycles. The minimum Gasteiger partial charge on any atom is -0.381 e. The Morgan fingerprint density at radius 1 is 1.29 bits per heavy atom. The molecule has 162 valence electrons. The lowest BCUT2D eigenvalue weighted by Gasteiger charge is -2.46. The molecule has 1 atom stereocenters. The van der Waals surface area contributed by atoms with Gasteiger partial charge in [0.15, 0.2) is 10.7 Å². The van der Waals surface area contributed by atoms with Gasteiger partial charge in [-0.15, -0.1) is 11.3 Å². The summed E-state index contributed by atoms with van der Waals surface area (Å²) in [5.74, 6) is 0.758. The van der Waals surface area contributed by atoms with Crippen LogP contribution in [0.4, 0.5) is 0 Å². The number of methoxy groups -OCH3 is 1. The molecule has 0 bridgehead atoms. The Morgan fingerprint density at radius 3 is 2.77 bits per heavy atom. The number of nitrogens with zero attached hydrogens (tertiary/aromatic N) is 2. The maximum absolute atomic E-state index is 14.3. The Labute approximate surface area is 192 Å². The van der Waals surface area contributed by atoms with Crippen molar-refractivity contribution in [1.29, 1.82) is 0 Å². The van der Waals surface area contributed by atoms with E-state index in [4.69, 9.17) is 17.0 Å². The van der Waals surface area contributed by atoms with Gasteiger partial charge in [-0.25, -0.2) is 4.98 Å². The smallest absolute Gasteiger partial charge is 0.260 e. The van der Waals surface area contributed by atoms with Crippen LogP contribution >= 0.6 is 23.6 Å². The van der Waals surface area contributed by atoms with E-state index in [1.54, 1.807) is 29.5 Å². The minimum atomic E-state index is -0.764. The molecule has 1 aromatic carbocycles. The second-order valence-electron chi connectivity index (χ2n) is 9.58. The number of thiazole rings is 1. The lowest BCUT2D eigenvalue weighted by Crippen LogP contribution is -2.56. The van der Waals surface area contributed by atoms with Crippen molar-refractivity contribution in [1.82, 2.24) is 15.2 Å². The van der Waals surface area contributed by atoms with Gasteiger partial charge in [-0.3, -0.25) is 9.69 Å². The summed E-state index contributed by atoms with van der Waals surface area (Å²) in [6.45, 7) is 0.443. The van der Waals surface area contributed by atoms with Gasteiger partial charge in [0.25, 0.3) is 5.91 Å². The summed E-state index contributed by atoms with van der Waals surface area (Å²) in [6, 6.07) is 6.89. The highest BCUT2D eigenvalue weighted by molar-refractivity contribution is 7.80. The molecule has 1 saturated heterocycles. The standard InChI is InChI=1S/C24H27N3O2S2/c1-29-18-6-8-23(9-7-18)13-17-5-4-16(15-2-3-15)12-19(17)24(23)21(28)27(22(30)26-24)14-20-25-10-11-31-20/h4-5,10-12,15,18H,2-3,6-9,13-14H2,1H3,(H,26,30). The zero-order valence-corrected chi connectivity index (χ0v) is 19.4. The molecule has 0 radical (unpaired) electrons. The van der Waals surface area contributed by atoms with Crippen LogP contribution in [0.2, 0.25) is 0 Å². The Bertz CT molecular complexity index is 1040. The predicted molar refractivity (Wildman–Crippen MR) is 124 cm³/mol. The number of rotatable bonds is 4. The number of ether oxygens (including phenoxy) is 1. The first-order valence-corrected chi connectivity index (χ1v) is 12.5. The first-order valence-electron chi connectivity index (χ1n) is 11.2. The molecular weight excluding hydrogens is 426 g/mol. The Kier molecular flexibility index (Phi) is 4.53. The molecule has 1 N–H and O–H groups in total. The number of aromatic nitrogens is 1. The maximum Gasteiger partial charge on any atom is 0.260 e. The summed E-state index contributed by atoms with van der Waals surface area (Å²) in [4.78, 5) is 20.4. The van der Waals surface area contributed by atoms with Crippen molar-refractivity contribution < 1.29 is 9.53 Å². The van der Waals surface area contributed by atoms with E-state index in [2.05, 4.69) is 28.5 Å². The van der Waals surface area contributed by atoms with Gasteiger partial charge < -0.3 is 10.1 Å². The number of carbonyl (C=O) groups excluding carboxylic acids is 1. The fraction of sp³-hybridized carbons (Fsp3) is 0.542. The third-order valence-corrected chi connectivity index (χ3v) is 9.10. The third kappa shape index (κ3) is 2.86. The number of fused-ring (bicyclic) bond motifs is 3. The zero-order valence-electron chi connectivity index (χ0n) is 17.7. The third-order valence-electron chi connectivity index (χ3n) is 8.02. The molecular formula is C24H27N3O2S2. The molecule has 1 aromatic heterocycles. The van der Waals surface area contributed by atoms with E-state index in [9.17, 15) is 4.79 Å². The van der Waals surface area contributed by atoms with Gasteiger partial charge in [-0.1, -0.05) is 18.2 Å². The molecule has 5 nitrogen and oxygen atoms in total. The highest BCUT2D eigenvalue weighted by Gasteiger charge is 2.67. The summed E-state index contributed by atoms with van der Waals surface area (Å²) >= 11 is 7.34. The number of hydrogen-bond acceptors (Lipinski definition) is 5. The van der Waals surface area contributed by atoms with Gasteiger partial charge in [0.2, 0.25) is 0 Å². The predicted octanol–water partition coefficient (Wildman–Crippen LogP) is 4.26.